The zero-order valence-electron chi connectivity index (χ0n) is 16.3. The first kappa shape index (κ1) is 20.1. The van der Waals surface area contributed by atoms with Crippen LogP contribution >= 0.6 is 0 Å². The van der Waals surface area contributed by atoms with E-state index in [1.807, 2.05) is 11.8 Å². The van der Waals surface area contributed by atoms with Crippen LogP contribution in [0.2, 0.25) is 0 Å². The molecule has 0 radical (unpaired) electrons. The molecule has 1 aliphatic heterocycles. The minimum absolute atomic E-state index is 0.285. The molecule has 0 spiro atoms. The summed E-state index contributed by atoms with van der Waals surface area (Å²) in [6, 6.07) is 6.32. The van der Waals surface area contributed by atoms with E-state index in [1.165, 1.54) is 5.56 Å². The molecule has 0 saturated carbocycles. The van der Waals surface area contributed by atoms with Crippen LogP contribution in [0.1, 0.15) is 37.3 Å². The van der Waals surface area contributed by atoms with Gasteiger partial charge in [0.25, 0.3) is 0 Å². The van der Waals surface area contributed by atoms with Crippen LogP contribution in [0, 0.1) is 6.92 Å². The van der Waals surface area contributed by atoms with Crippen LogP contribution in [0.25, 0.3) is 0 Å². The van der Waals surface area contributed by atoms with Gasteiger partial charge in [0.2, 0.25) is 5.91 Å². The van der Waals surface area contributed by atoms with Crippen molar-refractivity contribution in [1.29, 1.82) is 0 Å². The molecule has 2 rings (SSSR count). The monoisotopic (exact) mass is 360 g/mol. The molecule has 0 unspecified atom stereocenters. The van der Waals surface area contributed by atoms with Crippen molar-refractivity contribution in [2.24, 2.45) is 4.99 Å². The molecule has 1 heterocycles. The summed E-state index contributed by atoms with van der Waals surface area (Å²) in [7, 11) is 1.70. The average Bonchev–Trinajstić information content (AvgIpc) is 3.05. The van der Waals surface area contributed by atoms with Gasteiger partial charge in [0.1, 0.15) is 5.75 Å². The molecular weight excluding hydrogens is 328 g/mol. The summed E-state index contributed by atoms with van der Waals surface area (Å²) in [6.45, 7) is 8.18. The van der Waals surface area contributed by atoms with Crippen molar-refractivity contribution >= 4 is 11.9 Å². The molecule has 1 aromatic carbocycles. The fourth-order valence-electron chi connectivity index (χ4n) is 3.08. The summed E-state index contributed by atoms with van der Waals surface area (Å²) in [5, 5.41) is 6.65. The Labute approximate surface area is 157 Å². The third-order valence-electron chi connectivity index (χ3n) is 4.55. The number of carbonyl (C=O) groups excluding carboxylic acids is 1. The van der Waals surface area contributed by atoms with Gasteiger partial charge in [-0.05, 0) is 50.3 Å². The van der Waals surface area contributed by atoms with E-state index in [0.29, 0.717) is 6.42 Å². The highest BCUT2D eigenvalue weighted by atomic mass is 16.5. The van der Waals surface area contributed by atoms with Gasteiger partial charge in [-0.1, -0.05) is 12.1 Å². The number of benzene rings is 1. The normalized spacial score (nSPS) is 14.7. The smallest absolute Gasteiger partial charge is 0.222 e. The van der Waals surface area contributed by atoms with Crippen molar-refractivity contribution in [3.63, 3.8) is 0 Å². The van der Waals surface area contributed by atoms with Gasteiger partial charge in [-0.2, -0.15) is 0 Å². The second-order valence-corrected chi connectivity index (χ2v) is 6.58. The molecule has 1 aromatic rings. The summed E-state index contributed by atoms with van der Waals surface area (Å²) in [4.78, 5) is 18.2. The van der Waals surface area contributed by atoms with Gasteiger partial charge in [-0.15, -0.1) is 0 Å². The molecular formula is C20H32N4O2. The average molecular weight is 361 g/mol. The predicted molar refractivity (Wildman–Crippen MR) is 106 cm³/mol. The molecule has 1 aliphatic rings. The second-order valence-electron chi connectivity index (χ2n) is 6.58. The molecule has 1 saturated heterocycles. The van der Waals surface area contributed by atoms with E-state index >= 15 is 0 Å². The van der Waals surface area contributed by atoms with Gasteiger partial charge in [0.05, 0.1) is 7.11 Å². The maximum Gasteiger partial charge on any atom is 0.222 e. The summed E-state index contributed by atoms with van der Waals surface area (Å²) in [5.74, 6) is 2.05. The molecule has 0 aromatic heterocycles. The van der Waals surface area contributed by atoms with Crippen molar-refractivity contribution in [1.82, 2.24) is 15.5 Å². The summed E-state index contributed by atoms with van der Waals surface area (Å²) in [6.07, 6.45) is 3.51. The lowest BCUT2D eigenvalue weighted by molar-refractivity contribution is -0.127. The highest BCUT2D eigenvalue weighted by molar-refractivity contribution is 5.79. The number of carbonyl (C=O) groups is 1. The van der Waals surface area contributed by atoms with Crippen LogP contribution in [0.15, 0.2) is 23.2 Å². The summed E-state index contributed by atoms with van der Waals surface area (Å²) in [5.41, 5.74) is 2.39. The first-order valence-electron chi connectivity index (χ1n) is 9.57. The van der Waals surface area contributed by atoms with Crippen molar-refractivity contribution in [3.8, 4) is 5.75 Å². The van der Waals surface area contributed by atoms with E-state index < -0.39 is 0 Å². The lowest BCUT2D eigenvalue weighted by Crippen LogP contribution is -2.38. The van der Waals surface area contributed by atoms with Gasteiger partial charge < -0.3 is 20.3 Å². The number of methoxy groups -OCH3 is 1. The number of rotatable bonds is 9. The van der Waals surface area contributed by atoms with Gasteiger partial charge in [-0.3, -0.25) is 9.79 Å². The number of hydrogen-bond acceptors (Lipinski definition) is 3. The zero-order chi connectivity index (χ0) is 18.8. The van der Waals surface area contributed by atoms with Crippen LogP contribution in [0.3, 0.4) is 0 Å². The second kappa shape index (κ2) is 10.7. The number of amides is 1. The third kappa shape index (κ3) is 6.24. The Hall–Kier alpha value is -2.24. The van der Waals surface area contributed by atoms with Crippen LogP contribution < -0.4 is 15.4 Å². The number of nitrogens with zero attached hydrogens (tertiary/aromatic N) is 2. The largest absolute Gasteiger partial charge is 0.496 e. The number of ether oxygens (including phenoxy) is 1. The fraction of sp³-hybridized carbons (Fsp3) is 0.600. The molecule has 1 amide bonds. The topological polar surface area (TPSA) is 66.0 Å². The Morgan fingerprint density at radius 3 is 2.88 bits per heavy atom. The van der Waals surface area contributed by atoms with Gasteiger partial charge >= 0.3 is 0 Å². The number of likely N-dealkylation sites (tertiary alicyclic amines) is 1. The molecule has 6 heteroatoms. The van der Waals surface area contributed by atoms with E-state index in [1.54, 1.807) is 7.11 Å². The van der Waals surface area contributed by atoms with Gasteiger partial charge in [0, 0.05) is 39.1 Å². The van der Waals surface area contributed by atoms with Crippen molar-refractivity contribution in [2.75, 3.05) is 39.8 Å². The standard InChI is InChI=1S/C20H32N4O2/c1-4-21-20(22-11-6-14-24-13-5-7-19(24)25)23-12-10-17-9-8-16(2)18(15-17)26-3/h8-9,15H,4-7,10-14H2,1-3H3,(H2,21,22,23). The Bertz CT molecular complexity index is 616. The van der Waals surface area contributed by atoms with E-state index in [2.05, 4.69) is 40.7 Å². The molecule has 0 atom stereocenters. The Morgan fingerprint density at radius 2 is 2.19 bits per heavy atom. The first-order valence-corrected chi connectivity index (χ1v) is 9.57. The van der Waals surface area contributed by atoms with E-state index in [4.69, 9.17) is 4.74 Å². The van der Waals surface area contributed by atoms with Crippen molar-refractivity contribution in [3.05, 3.63) is 29.3 Å². The molecule has 26 heavy (non-hydrogen) atoms. The number of guanidine groups is 1. The molecule has 2 N–H and O–H groups in total. The van der Waals surface area contributed by atoms with Crippen LogP contribution in [-0.2, 0) is 11.2 Å². The number of nitrogens with one attached hydrogen (secondary N) is 2. The highest BCUT2D eigenvalue weighted by Crippen LogP contribution is 2.19. The lowest BCUT2D eigenvalue weighted by Gasteiger charge is -2.15. The molecule has 0 aliphatic carbocycles. The third-order valence-corrected chi connectivity index (χ3v) is 4.55. The highest BCUT2D eigenvalue weighted by Gasteiger charge is 2.18. The minimum Gasteiger partial charge on any atom is -0.496 e. The fourth-order valence-corrected chi connectivity index (χ4v) is 3.08. The van der Waals surface area contributed by atoms with Crippen molar-refractivity contribution in [2.45, 2.75) is 39.5 Å². The lowest BCUT2D eigenvalue weighted by atomic mass is 10.1. The molecule has 6 nitrogen and oxygen atoms in total. The predicted octanol–water partition coefficient (Wildman–Crippen LogP) is 2.11. The van der Waals surface area contributed by atoms with Crippen LogP contribution in [-0.4, -0.2) is 56.6 Å². The quantitative estimate of drug-likeness (QED) is 0.402. The SMILES string of the molecule is CCNC(=NCCCN1CCCC1=O)NCCc1ccc(C)c(OC)c1. The van der Waals surface area contributed by atoms with Gasteiger partial charge in [-0.25, -0.2) is 0 Å². The minimum atomic E-state index is 0.285. The number of hydrogen-bond donors (Lipinski definition) is 2. The Morgan fingerprint density at radius 1 is 1.35 bits per heavy atom. The van der Waals surface area contributed by atoms with E-state index in [0.717, 1.165) is 69.3 Å². The van der Waals surface area contributed by atoms with Crippen LogP contribution in [0.4, 0.5) is 0 Å². The molecule has 0 bridgehead atoms. The number of aryl methyl sites for hydroxylation is 1. The maximum absolute atomic E-state index is 11.6. The van der Waals surface area contributed by atoms with E-state index in [9.17, 15) is 4.79 Å². The Balaban J connectivity index is 1.75. The molecule has 144 valence electrons. The zero-order valence-corrected chi connectivity index (χ0v) is 16.3. The van der Waals surface area contributed by atoms with E-state index in [-0.39, 0.29) is 5.91 Å². The summed E-state index contributed by atoms with van der Waals surface area (Å²) < 4.78 is 5.38. The summed E-state index contributed by atoms with van der Waals surface area (Å²) >= 11 is 0. The van der Waals surface area contributed by atoms with Gasteiger partial charge in [0.15, 0.2) is 5.96 Å². The van der Waals surface area contributed by atoms with Crippen LogP contribution in [0.5, 0.6) is 5.75 Å². The van der Waals surface area contributed by atoms with Crippen molar-refractivity contribution < 1.29 is 9.53 Å². The first-order chi connectivity index (χ1) is 12.6. The number of aliphatic imine (C=N–C) groups is 1. The molecule has 1 fully saturated rings. The maximum atomic E-state index is 11.6. The Kier molecular flexibility index (Phi) is 8.25.